The Morgan fingerprint density at radius 3 is 2.33 bits per heavy atom. The number of amides is 1. The first kappa shape index (κ1) is 17.6. The van der Waals surface area contributed by atoms with Crippen molar-refractivity contribution in [3.63, 3.8) is 0 Å². The number of nitrogens with zero attached hydrogens (tertiary/aromatic N) is 2. The van der Waals surface area contributed by atoms with Crippen LogP contribution < -0.4 is 11.3 Å². The maximum atomic E-state index is 12.1. The van der Waals surface area contributed by atoms with Crippen molar-refractivity contribution in [2.75, 3.05) is 33.7 Å². The first-order valence-corrected chi connectivity index (χ1v) is 7.43. The van der Waals surface area contributed by atoms with Gasteiger partial charge in [-0.25, -0.2) is 5.84 Å². The molecule has 0 fully saturated rings. The molecule has 1 aromatic carbocycles. The standard InChI is InChI=1S/C16H28N4O/c1-5-20(13(2)11-19(3)4)12-15(16(21)18-17)14-9-7-6-8-10-14/h6-10,13,15H,5,11-12,17H2,1-4H3,(H,18,21). The Labute approximate surface area is 128 Å². The molecule has 0 saturated heterocycles. The summed E-state index contributed by atoms with van der Waals surface area (Å²) in [5, 5.41) is 0. The minimum absolute atomic E-state index is 0.142. The van der Waals surface area contributed by atoms with Gasteiger partial charge in [-0.1, -0.05) is 37.3 Å². The second kappa shape index (κ2) is 8.77. The highest BCUT2D eigenvalue weighted by molar-refractivity contribution is 5.83. The maximum absolute atomic E-state index is 12.1. The van der Waals surface area contributed by atoms with Crippen molar-refractivity contribution in [3.05, 3.63) is 35.9 Å². The highest BCUT2D eigenvalue weighted by Crippen LogP contribution is 2.18. The molecule has 1 rings (SSSR count). The number of rotatable bonds is 8. The maximum Gasteiger partial charge on any atom is 0.242 e. The minimum atomic E-state index is -0.249. The van der Waals surface area contributed by atoms with E-state index in [-0.39, 0.29) is 11.8 Å². The van der Waals surface area contributed by atoms with Crippen molar-refractivity contribution in [2.45, 2.75) is 25.8 Å². The van der Waals surface area contributed by atoms with Crippen molar-refractivity contribution in [3.8, 4) is 0 Å². The molecule has 0 aliphatic heterocycles. The van der Waals surface area contributed by atoms with E-state index in [9.17, 15) is 4.79 Å². The second-order valence-electron chi connectivity index (χ2n) is 5.67. The number of likely N-dealkylation sites (N-methyl/N-ethyl adjacent to an activating group) is 2. The van der Waals surface area contributed by atoms with Gasteiger partial charge in [0.2, 0.25) is 5.91 Å². The fourth-order valence-electron chi connectivity index (χ4n) is 2.62. The summed E-state index contributed by atoms with van der Waals surface area (Å²) in [6.45, 7) is 6.83. The molecule has 1 amide bonds. The van der Waals surface area contributed by atoms with Gasteiger partial charge in [0.25, 0.3) is 0 Å². The number of carbonyl (C=O) groups is 1. The van der Waals surface area contributed by atoms with E-state index in [1.165, 1.54) is 0 Å². The van der Waals surface area contributed by atoms with Gasteiger partial charge in [0.05, 0.1) is 5.92 Å². The number of hydrogen-bond donors (Lipinski definition) is 2. The molecule has 0 spiro atoms. The van der Waals surface area contributed by atoms with Gasteiger partial charge in [-0.2, -0.15) is 0 Å². The Hall–Kier alpha value is -1.43. The molecule has 0 radical (unpaired) electrons. The normalized spacial score (nSPS) is 14.2. The van der Waals surface area contributed by atoms with Gasteiger partial charge in [0.1, 0.15) is 0 Å². The lowest BCUT2D eigenvalue weighted by Gasteiger charge is -2.32. The van der Waals surface area contributed by atoms with E-state index in [4.69, 9.17) is 5.84 Å². The monoisotopic (exact) mass is 292 g/mol. The van der Waals surface area contributed by atoms with Crippen molar-refractivity contribution in [2.24, 2.45) is 5.84 Å². The molecule has 5 nitrogen and oxygen atoms in total. The lowest BCUT2D eigenvalue weighted by molar-refractivity contribution is -0.123. The molecule has 0 aliphatic carbocycles. The zero-order chi connectivity index (χ0) is 15.8. The molecule has 21 heavy (non-hydrogen) atoms. The van der Waals surface area contributed by atoms with Crippen LogP contribution in [0.4, 0.5) is 0 Å². The van der Waals surface area contributed by atoms with Crippen LogP contribution in [0.25, 0.3) is 0 Å². The number of hydrogen-bond acceptors (Lipinski definition) is 4. The Balaban J connectivity index is 2.87. The highest BCUT2D eigenvalue weighted by Gasteiger charge is 2.24. The summed E-state index contributed by atoms with van der Waals surface area (Å²) >= 11 is 0. The number of carbonyl (C=O) groups excluding carboxylic acids is 1. The Morgan fingerprint density at radius 2 is 1.86 bits per heavy atom. The Kier molecular flexibility index (Phi) is 7.36. The van der Waals surface area contributed by atoms with E-state index in [0.717, 1.165) is 18.7 Å². The summed E-state index contributed by atoms with van der Waals surface area (Å²) in [6, 6.07) is 10.2. The fraction of sp³-hybridized carbons (Fsp3) is 0.562. The van der Waals surface area contributed by atoms with Crippen LogP contribution in [0.2, 0.25) is 0 Å². The minimum Gasteiger partial charge on any atom is -0.308 e. The van der Waals surface area contributed by atoms with Crippen LogP contribution in [0.3, 0.4) is 0 Å². The highest BCUT2D eigenvalue weighted by atomic mass is 16.2. The largest absolute Gasteiger partial charge is 0.308 e. The van der Waals surface area contributed by atoms with Crippen molar-refractivity contribution in [1.82, 2.24) is 15.2 Å². The third kappa shape index (κ3) is 5.46. The Morgan fingerprint density at radius 1 is 1.24 bits per heavy atom. The van der Waals surface area contributed by atoms with Crippen LogP contribution in [0.15, 0.2) is 30.3 Å². The molecular formula is C16H28N4O. The second-order valence-corrected chi connectivity index (χ2v) is 5.67. The molecule has 3 N–H and O–H groups in total. The zero-order valence-corrected chi connectivity index (χ0v) is 13.5. The molecule has 0 aromatic heterocycles. The molecule has 5 heteroatoms. The first-order chi connectivity index (χ1) is 9.99. The summed E-state index contributed by atoms with van der Waals surface area (Å²) < 4.78 is 0. The van der Waals surface area contributed by atoms with Crippen LogP contribution >= 0.6 is 0 Å². The molecule has 0 bridgehead atoms. The first-order valence-electron chi connectivity index (χ1n) is 7.43. The molecule has 0 heterocycles. The van der Waals surface area contributed by atoms with E-state index in [1.54, 1.807) is 0 Å². The van der Waals surface area contributed by atoms with Crippen LogP contribution in [-0.2, 0) is 4.79 Å². The number of nitrogens with one attached hydrogen (secondary N) is 1. The van der Waals surface area contributed by atoms with Gasteiger partial charge < -0.3 is 4.90 Å². The summed E-state index contributed by atoms with van der Waals surface area (Å²) in [6.07, 6.45) is 0. The fourth-order valence-corrected chi connectivity index (χ4v) is 2.62. The van der Waals surface area contributed by atoms with Crippen LogP contribution in [-0.4, -0.2) is 55.5 Å². The molecule has 0 saturated carbocycles. The predicted molar refractivity (Wildman–Crippen MR) is 86.8 cm³/mol. The van der Waals surface area contributed by atoms with E-state index in [1.807, 2.05) is 30.3 Å². The third-order valence-electron chi connectivity index (χ3n) is 3.74. The summed E-state index contributed by atoms with van der Waals surface area (Å²) in [4.78, 5) is 16.6. The predicted octanol–water partition coefficient (Wildman–Crippen LogP) is 1.03. The van der Waals surface area contributed by atoms with Crippen molar-refractivity contribution >= 4 is 5.91 Å². The number of nitrogens with two attached hydrogens (primary N) is 1. The molecule has 2 unspecified atom stereocenters. The quantitative estimate of drug-likeness (QED) is 0.427. The summed E-state index contributed by atoms with van der Waals surface area (Å²) in [5.41, 5.74) is 3.29. The summed E-state index contributed by atoms with van der Waals surface area (Å²) in [7, 11) is 4.12. The van der Waals surface area contributed by atoms with Gasteiger partial charge in [0, 0.05) is 19.1 Å². The lowest BCUT2D eigenvalue weighted by Crippen LogP contribution is -2.45. The van der Waals surface area contributed by atoms with Gasteiger partial charge in [-0.15, -0.1) is 0 Å². The lowest BCUT2D eigenvalue weighted by atomic mass is 9.97. The molecule has 0 aliphatic rings. The van der Waals surface area contributed by atoms with Crippen LogP contribution in [0.1, 0.15) is 25.3 Å². The average molecular weight is 292 g/mol. The van der Waals surface area contributed by atoms with E-state index in [0.29, 0.717) is 12.6 Å². The van der Waals surface area contributed by atoms with Gasteiger partial charge >= 0.3 is 0 Å². The molecular weight excluding hydrogens is 264 g/mol. The Bertz CT molecular complexity index is 422. The van der Waals surface area contributed by atoms with Crippen LogP contribution in [0, 0.1) is 0 Å². The summed E-state index contributed by atoms with van der Waals surface area (Å²) in [5.74, 6) is 4.97. The van der Waals surface area contributed by atoms with Crippen LogP contribution in [0.5, 0.6) is 0 Å². The van der Waals surface area contributed by atoms with Gasteiger partial charge in [-0.05, 0) is 33.1 Å². The van der Waals surface area contributed by atoms with Crippen molar-refractivity contribution < 1.29 is 4.79 Å². The molecule has 2 atom stereocenters. The average Bonchev–Trinajstić information content (AvgIpc) is 2.47. The molecule has 1 aromatic rings. The number of benzene rings is 1. The van der Waals surface area contributed by atoms with Gasteiger partial charge in [-0.3, -0.25) is 15.1 Å². The third-order valence-corrected chi connectivity index (χ3v) is 3.74. The van der Waals surface area contributed by atoms with Gasteiger partial charge in [0.15, 0.2) is 0 Å². The number of hydrazine groups is 1. The topological polar surface area (TPSA) is 61.6 Å². The van der Waals surface area contributed by atoms with Crippen molar-refractivity contribution in [1.29, 1.82) is 0 Å². The smallest absolute Gasteiger partial charge is 0.242 e. The van der Waals surface area contributed by atoms with E-state index < -0.39 is 0 Å². The van der Waals surface area contributed by atoms with E-state index >= 15 is 0 Å². The van der Waals surface area contributed by atoms with E-state index in [2.05, 4.69) is 43.2 Å². The molecule has 118 valence electrons. The zero-order valence-electron chi connectivity index (χ0n) is 13.5. The SMILES string of the molecule is CCN(CC(C(=O)NN)c1ccccc1)C(C)CN(C)C.